The average Bonchev–Trinajstić information content (AvgIpc) is 2.23. The third kappa shape index (κ3) is 2.67. The molecule has 2 aliphatic heterocycles. The van der Waals surface area contributed by atoms with E-state index in [-0.39, 0.29) is 12.5 Å². The van der Waals surface area contributed by atoms with Crippen molar-refractivity contribution in [3.05, 3.63) is 0 Å². The van der Waals surface area contributed by atoms with Gasteiger partial charge in [0.25, 0.3) is 0 Å². The number of fused-ring (bicyclic) bond motifs is 1. The molecule has 2 heterocycles. The van der Waals surface area contributed by atoms with Crippen LogP contribution in [0.25, 0.3) is 0 Å². The SMILES string of the molecule is O=C1CC2CSCCN2C(=O)N1CC(F)(F)F. The zero-order valence-electron chi connectivity index (χ0n) is 8.87. The van der Waals surface area contributed by atoms with Crippen LogP contribution in [0.5, 0.6) is 0 Å². The molecule has 0 N–H and O–H groups in total. The highest BCUT2D eigenvalue weighted by Gasteiger charge is 2.44. The van der Waals surface area contributed by atoms with Crippen LogP contribution < -0.4 is 0 Å². The lowest BCUT2D eigenvalue weighted by Crippen LogP contribution is -2.61. The first kappa shape index (κ1) is 12.5. The van der Waals surface area contributed by atoms with Gasteiger partial charge in [-0.25, -0.2) is 4.79 Å². The second kappa shape index (κ2) is 4.40. The molecular formula is C9H11F3N2O2S. The first-order valence-electron chi connectivity index (χ1n) is 5.14. The highest BCUT2D eigenvalue weighted by Crippen LogP contribution is 2.27. The van der Waals surface area contributed by atoms with Crippen molar-refractivity contribution in [3.63, 3.8) is 0 Å². The number of halogens is 3. The third-order valence-corrected chi connectivity index (χ3v) is 3.84. The molecule has 0 aromatic rings. The molecule has 1 unspecified atom stereocenters. The fourth-order valence-corrected chi connectivity index (χ4v) is 3.05. The zero-order chi connectivity index (χ0) is 12.6. The first-order chi connectivity index (χ1) is 7.88. The molecule has 17 heavy (non-hydrogen) atoms. The zero-order valence-corrected chi connectivity index (χ0v) is 9.68. The van der Waals surface area contributed by atoms with Crippen LogP contribution in [0.3, 0.4) is 0 Å². The molecule has 0 aromatic carbocycles. The number of amides is 3. The number of nitrogens with zero attached hydrogens (tertiary/aromatic N) is 2. The Labute approximate surface area is 100 Å². The summed E-state index contributed by atoms with van der Waals surface area (Å²) in [6, 6.07) is -1.04. The van der Waals surface area contributed by atoms with Crippen LogP contribution >= 0.6 is 11.8 Å². The summed E-state index contributed by atoms with van der Waals surface area (Å²) in [6.07, 6.45) is -4.54. The molecule has 1 atom stereocenters. The Hall–Kier alpha value is -0.920. The van der Waals surface area contributed by atoms with Gasteiger partial charge in [-0.3, -0.25) is 9.69 Å². The molecule has 8 heteroatoms. The number of thioether (sulfide) groups is 1. The second-order valence-corrected chi connectivity index (χ2v) is 5.15. The highest BCUT2D eigenvalue weighted by atomic mass is 32.2. The molecule has 0 radical (unpaired) electrons. The Morgan fingerprint density at radius 1 is 1.35 bits per heavy atom. The summed E-state index contributed by atoms with van der Waals surface area (Å²) in [4.78, 5) is 25.0. The molecule has 4 nitrogen and oxygen atoms in total. The molecule has 0 spiro atoms. The number of hydrogen-bond donors (Lipinski definition) is 0. The summed E-state index contributed by atoms with van der Waals surface area (Å²) in [7, 11) is 0. The molecule has 0 aliphatic carbocycles. The Morgan fingerprint density at radius 3 is 2.71 bits per heavy atom. The second-order valence-electron chi connectivity index (χ2n) is 4.00. The molecule has 2 rings (SSSR count). The topological polar surface area (TPSA) is 40.6 Å². The summed E-state index contributed by atoms with van der Waals surface area (Å²) >= 11 is 1.61. The number of hydrogen-bond acceptors (Lipinski definition) is 3. The Balaban J connectivity index is 2.12. The van der Waals surface area contributed by atoms with Gasteiger partial charge in [-0.2, -0.15) is 24.9 Å². The monoisotopic (exact) mass is 268 g/mol. The van der Waals surface area contributed by atoms with E-state index in [1.807, 2.05) is 0 Å². The highest BCUT2D eigenvalue weighted by molar-refractivity contribution is 7.99. The Morgan fingerprint density at radius 2 is 2.06 bits per heavy atom. The van der Waals surface area contributed by atoms with E-state index >= 15 is 0 Å². The number of imide groups is 1. The van der Waals surface area contributed by atoms with E-state index in [9.17, 15) is 22.8 Å². The largest absolute Gasteiger partial charge is 0.406 e. The molecule has 0 aromatic heterocycles. The molecule has 2 fully saturated rings. The van der Waals surface area contributed by atoms with Crippen LogP contribution in [0, 0.1) is 0 Å². The number of carbonyl (C=O) groups excluding carboxylic acids is 2. The molecule has 0 saturated carbocycles. The quantitative estimate of drug-likeness (QED) is 0.720. The van der Waals surface area contributed by atoms with Crippen molar-refractivity contribution in [1.82, 2.24) is 9.80 Å². The van der Waals surface area contributed by atoms with Crippen molar-refractivity contribution >= 4 is 23.7 Å². The van der Waals surface area contributed by atoms with Gasteiger partial charge >= 0.3 is 12.2 Å². The maximum atomic E-state index is 12.2. The van der Waals surface area contributed by atoms with E-state index in [0.717, 1.165) is 0 Å². The van der Waals surface area contributed by atoms with Gasteiger partial charge in [0.1, 0.15) is 6.54 Å². The van der Waals surface area contributed by atoms with Crippen molar-refractivity contribution < 1.29 is 22.8 Å². The number of carbonyl (C=O) groups is 2. The van der Waals surface area contributed by atoms with Crippen LogP contribution in [0.2, 0.25) is 0 Å². The Bertz CT molecular complexity index is 348. The lowest BCUT2D eigenvalue weighted by Gasteiger charge is -2.42. The van der Waals surface area contributed by atoms with Gasteiger partial charge in [0, 0.05) is 24.5 Å². The molecule has 96 valence electrons. The maximum Gasteiger partial charge on any atom is 0.406 e. The summed E-state index contributed by atoms with van der Waals surface area (Å²) in [5.41, 5.74) is 0. The predicted octanol–water partition coefficient (Wildman–Crippen LogP) is 1.32. The number of rotatable bonds is 1. The molecular weight excluding hydrogens is 257 g/mol. The summed E-state index contributed by atoms with van der Waals surface area (Å²) in [5.74, 6) is 0.601. The lowest BCUT2D eigenvalue weighted by molar-refractivity contribution is -0.159. The summed E-state index contributed by atoms with van der Waals surface area (Å²) in [6.45, 7) is -1.07. The van der Waals surface area contributed by atoms with Crippen LogP contribution in [0.1, 0.15) is 6.42 Å². The van der Waals surface area contributed by atoms with Crippen molar-refractivity contribution in [1.29, 1.82) is 0 Å². The van der Waals surface area contributed by atoms with Gasteiger partial charge in [-0.1, -0.05) is 0 Å². The van der Waals surface area contributed by atoms with E-state index < -0.39 is 24.7 Å². The van der Waals surface area contributed by atoms with Gasteiger partial charge in [0.05, 0.1) is 6.04 Å². The minimum Gasteiger partial charge on any atom is -0.319 e. The van der Waals surface area contributed by atoms with Crippen LogP contribution in [0.4, 0.5) is 18.0 Å². The predicted molar refractivity (Wildman–Crippen MR) is 55.6 cm³/mol. The molecule has 2 aliphatic rings. The van der Waals surface area contributed by atoms with Crippen molar-refractivity contribution in [2.75, 3.05) is 24.6 Å². The van der Waals surface area contributed by atoms with E-state index in [1.54, 1.807) is 11.8 Å². The van der Waals surface area contributed by atoms with Crippen molar-refractivity contribution in [2.45, 2.75) is 18.6 Å². The molecule has 3 amide bonds. The standard InChI is InChI=1S/C9H11F3N2O2S/c10-9(11,12)5-14-7(15)3-6-4-17-2-1-13(6)8(14)16/h6H,1-5H2. The normalized spacial score (nSPS) is 26.2. The third-order valence-electron chi connectivity index (χ3n) is 2.75. The van der Waals surface area contributed by atoms with Crippen molar-refractivity contribution in [3.8, 4) is 0 Å². The number of urea groups is 1. The molecule has 2 saturated heterocycles. The Kier molecular flexibility index (Phi) is 3.24. The average molecular weight is 268 g/mol. The van der Waals surface area contributed by atoms with E-state index in [1.165, 1.54) is 4.90 Å². The van der Waals surface area contributed by atoms with Crippen molar-refractivity contribution in [2.24, 2.45) is 0 Å². The summed E-state index contributed by atoms with van der Waals surface area (Å²) in [5, 5.41) is 0. The lowest BCUT2D eigenvalue weighted by atomic mass is 10.1. The van der Waals surface area contributed by atoms with Gasteiger partial charge in [-0.15, -0.1) is 0 Å². The van der Waals surface area contributed by atoms with Crippen LogP contribution in [-0.4, -0.2) is 58.6 Å². The fourth-order valence-electron chi connectivity index (χ4n) is 1.98. The molecule has 0 bridgehead atoms. The van der Waals surface area contributed by atoms with Gasteiger partial charge < -0.3 is 4.90 Å². The minimum atomic E-state index is -4.54. The number of alkyl halides is 3. The van der Waals surface area contributed by atoms with E-state index in [4.69, 9.17) is 0 Å². The van der Waals surface area contributed by atoms with Crippen LogP contribution in [-0.2, 0) is 4.79 Å². The van der Waals surface area contributed by atoms with E-state index in [0.29, 0.717) is 23.0 Å². The smallest absolute Gasteiger partial charge is 0.319 e. The van der Waals surface area contributed by atoms with Gasteiger partial charge in [-0.05, 0) is 0 Å². The first-order valence-corrected chi connectivity index (χ1v) is 6.29. The van der Waals surface area contributed by atoms with Gasteiger partial charge in [0.2, 0.25) is 5.91 Å². The van der Waals surface area contributed by atoms with E-state index in [2.05, 4.69) is 0 Å². The van der Waals surface area contributed by atoms with Crippen LogP contribution in [0.15, 0.2) is 0 Å². The maximum absolute atomic E-state index is 12.2. The summed E-state index contributed by atoms with van der Waals surface area (Å²) < 4.78 is 36.7. The minimum absolute atomic E-state index is 0.00514. The van der Waals surface area contributed by atoms with Gasteiger partial charge in [0.15, 0.2) is 0 Å². The fraction of sp³-hybridized carbons (Fsp3) is 0.778.